The number of aliphatic carboxylic acids is 1. The van der Waals surface area contributed by atoms with Gasteiger partial charge in [0, 0.05) is 13.0 Å². The normalized spacial score (nSPS) is 14.7. The summed E-state index contributed by atoms with van der Waals surface area (Å²) in [4.78, 5) is 26.0. The van der Waals surface area contributed by atoms with E-state index >= 15 is 0 Å². The smallest absolute Gasteiger partial charge is 0.408 e. The molecule has 1 aliphatic rings. The molecule has 7 nitrogen and oxygen atoms in total. The van der Waals surface area contributed by atoms with E-state index < -0.39 is 18.1 Å². The highest BCUT2D eigenvalue weighted by Gasteiger charge is 2.21. The molecule has 0 radical (unpaired) electrons. The van der Waals surface area contributed by atoms with Gasteiger partial charge in [0.15, 0.2) is 0 Å². The van der Waals surface area contributed by atoms with Gasteiger partial charge in [0.05, 0.1) is 6.61 Å². The van der Waals surface area contributed by atoms with E-state index in [1.807, 2.05) is 54.6 Å². The van der Waals surface area contributed by atoms with Gasteiger partial charge in [0.2, 0.25) is 0 Å². The molecular weight excluding hydrogens is 396 g/mol. The number of carbonyl (C=O) groups is 2. The molecule has 2 aromatic carbocycles. The second kappa shape index (κ2) is 12.0. The third-order valence-electron chi connectivity index (χ3n) is 5.25. The number of alkyl carbamates (subject to hydrolysis) is 1. The van der Waals surface area contributed by atoms with Crippen molar-refractivity contribution in [3.8, 4) is 5.75 Å². The molecule has 1 fully saturated rings. The maximum absolute atomic E-state index is 12.0. The van der Waals surface area contributed by atoms with Crippen molar-refractivity contribution in [2.45, 2.75) is 38.3 Å². The molecule has 0 saturated carbocycles. The maximum Gasteiger partial charge on any atom is 0.408 e. The SMILES string of the molecule is O=C(N[C@@H](Cc1ccc(OCCCN2CCCC2)cc1)C(=O)O)OCc1ccccc1. The number of hydrogen-bond acceptors (Lipinski definition) is 5. The zero-order valence-corrected chi connectivity index (χ0v) is 17.7. The number of nitrogens with one attached hydrogen (secondary N) is 1. The zero-order chi connectivity index (χ0) is 21.9. The molecule has 1 heterocycles. The molecule has 1 aliphatic heterocycles. The Balaban J connectivity index is 1.41. The third kappa shape index (κ3) is 7.94. The monoisotopic (exact) mass is 426 g/mol. The molecule has 0 spiro atoms. The van der Waals surface area contributed by atoms with Gasteiger partial charge in [-0.25, -0.2) is 9.59 Å². The highest BCUT2D eigenvalue weighted by Crippen LogP contribution is 2.15. The number of carboxylic acids is 1. The molecule has 1 atom stereocenters. The lowest BCUT2D eigenvalue weighted by atomic mass is 10.1. The number of hydrogen-bond donors (Lipinski definition) is 2. The molecular formula is C24H30N2O5. The van der Waals surface area contributed by atoms with E-state index in [0.717, 1.165) is 29.8 Å². The number of likely N-dealkylation sites (tertiary alicyclic amines) is 1. The average Bonchev–Trinajstić information content (AvgIpc) is 3.30. The van der Waals surface area contributed by atoms with Gasteiger partial charge in [-0.2, -0.15) is 0 Å². The Bertz CT molecular complexity index is 820. The number of amides is 1. The van der Waals surface area contributed by atoms with Crippen molar-refractivity contribution >= 4 is 12.1 Å². The van der Waals surface area contributed by atoms with E-state index in [9.17, 15) is 14.7 Å². The lowest BCUT2D eigenvalue weighted by Gasteiger charge is -2.16. The van der Waals surface area contributed by atoms with Gasteiger partial charge in [-0.15, -0.1) is 0 Å². The van der Waals surface area contributed by atoms with Crippen molar-refractivity contribution in [3.05, 3.63) is 65.7 Å². The summed E-state index contributed by atoms with van der Waals surface area (Å²) in [5.41, 5.74) is 1.63. The van der Waals surface area contributed by atoms with Crippen LogP contribution in [-0.4, -0.2) is 54.4 Å². The van der Waals surface area contributed by atoms with Gasteiger partial charge in [0.1, 0.15) is 18.4 Å². The van der Waals surface area contributed by atoms with Crippen molar-refractivity contribution in [1.82, 2.24) is 10.2 Å². The second-order valence-corrected chi connectivity index (χ2v) is 7.70. The Hall–Kier alpha value is -3.06. The van der Waals surface area contributed by atoms with E-state index in [4.69, 9.17) is 9.47 Å². The minimum Gasteiger partial charge on any atom is -0.494 e. The minimum atomic E-state index is -1.11. The molecule has 0 unspecified atom stereocenters. The fraction of sp³-hybridized carbons (Fsp3) is 0.417. The minimum absolute atomic E-state index is 0.0861. The lowest BCUT2D eigenvalue weighted by molar-refractivity contribution is -0.139. The van der Waals surface area contributed by atoms with Crippen LogP contribution < -0.4 is 10.1 Å². The number of ether oxygens (including phenoxy) is 2. The van der Waals surface area contributed by atoms with Gasteiger partial charge < -0.3 is 24.8 Å². The van der Waals surface area contributed by atoms with Gasteiger partial charge in [-0.1, -0.05) is 42.5 Å². The molecule has 3 rings (SSSR count). The Morgan fingerprint density at radius 1 is 1.00 bits per heavy atom. The second-order valence-electron chi connectivity index (χ2n) is 7.70. The first kappa shape index (κ1) is 22.6. The molecule has 0 aromatic heterocycles. The fourth-order valence-corrected chi connectivity index (χ4v) is 3.55. The molecule has 31 heavy (non-hydrogen) atoms. The first-order chi connectivity index (χ1) is 15.1. The summed E-state index contributed by atoms with van der Waals surface area (Å²) in [5.74, 6) is -0.355. The molecule has 0 bridgehead atoms. The number of rotatable bonds is 11. The van der Waals surface area contributed by atoms with Crippen LogP contribution in [0, 0.1) is 0 Å². The van der Waals surface area contributed by atoms with Crippen molar-refractivity contribution in [3.63, 3.8) is 0 Å². The highest BCUT2D eigenvalue weighted by atomic mass is 16.5. The van der Waals surface area contributed by atoms with Crippen LogP contribution in [0.5, 0.6) is 5.75 Å². The first-order valence-electron chi connectivity index (χ1n) is 10.7. The molecule has 2 aromatic rings. The molecule has 2 N–H and O–H groups in total. The number of carbonyl (C=O) groups excluding carboxylic acids is 1. The van der Waals surface area contributed by atoms with Crippen molar-refractivity contribution in [2.75, 3.05) is 26.2 Å². The summed E-state index contributed by atoms with van der Waals surface area (Å²) in [5, 5.41) is 11.9. The molecule has 0 aliphatic carbocycles. The standard InChI is InChI=1S/C24H30N2O5/c27-23(28)22(25-24(29)31-18-20-7-2-1-3-8-20)17-19-9-11-21(12-10-19)30-16-6-15-26-13-4-5-14-26/h1-3,7-12,22H,4-6,13-18H2,(H,25,29)(H,27,28)/t22-/m0/s1. The van der Waals surface area contributed by atoms with Gasteiger partial charge in [-0.05, 0) is 55.6 Å². The Morgan fingerprint density at radius 2 is 1.71 bits per heavy atom. The Kier molecular flexibility index (Phi) is 8.72. The Morgan fingerprint density at radius 3 is 2.39 bits per heavy atom. The van der Waals surface area contributed by atoms with E-state index in [-0.39, 0.29) is 13.0 Å². The predicted molar refractivity (Wildman–Crippen MR) is 117 cm³/mol. The summed E-state index contributed by atoms with van der Waals surface area (Å²) in [6.07, 6.45) is 2.97. The van der Waals surface area contributed by atoms with E-state index in [2.05, 4.69) is 10.2 Å². The quantitative estimate of drug-likeness (QED) is 0.535. The summed E-state index contributed by atoms with van der Waals surface area (Å²) < 4.78 is 10.9. The van der Waals surface area contributed by atoms with E-state index in [1.54, 1.807) is 0 Å². The number of benzene rings is 2. The van der Waals surface area contributed by atoms with Gasteiger partial charge in [0.25, 0.3) is 0 Å². The van der Waals surface area contributed by atoms with Gasteiger partial charge >= 0.3 is 12.1 Å². The van der Waals surface area contributed by atoms with Crippen LogP contribution in [0.3, 0.4) is 0 Å². The predicted octanol–water partition coefficient (Wildman–Crippen LogP) is 3.47. The van der Waals surface area contributed by atoms with Crippen LogP contribution in [0.15, 0.2) is 54.6 Å². The van der Waals surface area contributed by atoms with Crippen LogP contribution >= 0.6 is 0 Å². The Labute approximate surface area is 183 Å². The summed E-state index contributed by atoms with van der Waals surface area (Å²) >= 11 is 0. The lowest BCUT2D eigenvalue weighted by Crippen LogP contribution is -2.42. The average molecular weight is 427 g/mol. The maximum atomic E-state index is 12.0. The van der Waals surface area contributed by atoms with Crippen LogP contribution in [0.25, 0.3) is 0 Å². The largest absolute Gasteiger partial charge is 0.494 e. The van der Waals surface area contributed by atoms with Crippen molar-refractivity contribution < 1.29 is 24.2 Å². The molecule has 166 valence electrons. The molecule has 1 amide bonds. The van der Waals surface area contributed by atoms with Crippen LogP contribution in [0.4, 0.5) is 4.79 Å². The van der Waals surface area contributed by atoms with Crippen molar-refractivity contribution in [2.24, 2.45) is 0 Å². The summed E-state index contributed by atoms with van der Waals surface area (Å²) in [6.45, 7) is 4.18. The zero-order valence-electron chi connectivity index (χ0n) is 17.7. The van der Waals surface area contributed by atoms with Crippen LogP contribution in [-0.2, 0) is 22.6 Å². The fourth-order valence-electron chi connectivity index (χ4n) is 3.55. The highest BCUT2D eigenvalue weighted by molar-refractivity contribution is 5.80. The topological polar surface area (TPSA) is 88.1 Å². The summed E-state index contributed by atoms with van der Waals surface area (Å²) in [6, 6.07) is 15.5. The molecule has 7 heteroatoms. The number of carboxylic acid groups (broad SMARTS) is 1. The third-order valence-corrected chi connectivity index (χ3v) is 5.25. The number of nitrogens with zero attached hydrogens (tertiary/aromatic N) is 1. The first-order valence-corrected chi connectivity index (χ1v) is 10.7. The van der Waals surface area contributed by atoms with E-state index in [1.165, 1.54) is 25.9 Å². The van der Waals surface area contributed by atoms with Crippen molar-refractivity contribution in [1.29, 1.82) is 0 Å². The van der Waals surface area contributed by atoms with E-state index in [0.29, 0.717) is 6.61 Å². The van der Waals surface area contributed by atoms with Crippen LogP contribution in [0.1, 0.15) is 30.4 Å². The molecule has 1 saturated heterocycles. The summed E-state index contributed by atoms with van der Waals surface area (Å²) in [7, 11) is 0. The van der Waals surface area contributed by atoms with Gasteiger partial charge in [-0.3, -0.25) is 0 Å². The van der Waals surface area contributed by atoms with Crippen LogP contribution in [0.2, 0.25) is 0 Å².